The third kappa shape index (κ3) is 4.74. The fourth-order valence-corrected chi connectivity index (χ4v) is 1.77. The van der Waals surface area contributed by atoms with Crippen LogP contribution < -0.4 is 4.74 Å². The standard InChI is InChI=1S/C10H12F3NOS/c1-7(2)16-9-8(4-3-5-14-9)15-6-10(11,12)13/h3-5,7H,6H2,1-2H3. The predicted octanol–water partition coefficient (Wildman–Crippen LogP) is 3.52. The Morgan fingerprint density at radius 2 is 2.12 bits per heavy atom. The lowest BCUT2D eigenvalue weighted by Gasteiger charge is -2.12. The first-order valence-corrected chi connectivity index (χ1v) is 5.57. The van der Waals surface area contributed by atoms with Gasteiger partial charge in [-0.15, -0.1) is 0 Å². The van der Waals surface area contributed by atoms with E-state index in [1.807, 2.05) is 13.8 Å². The van der Waals surface area contributed by atoms with Crippen LogP contribution >= 0.6 is 11.8 Å². The number of pyridine rings is 1. The molecule has 0 N–H and O–H groups in total. The first-order chi connectivity index (χ1) is 7.38. The highest BCUT2D eigenvalue weighted by Gasteiger charge is 2.29. The number of aromatic nitrogens is 1. The molecule has 0 aliphatic rings. The van der Waals surface area contributed by atoms with Gasteiger partial charge in [0.15, 0.2) is 12.4 Å². The smallest absolute Gasteiger partial charge is 0.422 e. The van der Waals surface area contributed by atoms with Crippen molar-refractivity contribution in [2.75, 3.05) is 6.61 Å². The van der Waals surface area contributed by atoms with E-state index in [-0.39, 0.29) is 11.0 Å². The summed E-state index contributed by atoms with van der Waals surface area (Å²) in [4.78, 5) is 3.99. The molecule has 2 nitrogen and oxygen atoms in total. The topological polar surface area (TPSA) is 22.1 Å². The van der Waals surface area contributed by atoms with Gasteiger partial charge in [0.25, 0.3) is 0 Å². The van der Waals surface area contributed by atoms with Crippen molar-refractivity contribution in [2.45, 2.75) is 30.3 Å². The molecule has 6 heteroatoms. The maximum absolute atomic E-state index is 12.0. The van der Waals surface area contributed by atoms with Crippen LogP contribution in [0.4, 0.5) is 13.2 Å². The van der Waals surface area contributed by atoms with Crippen molar-refractivity contribution in [2.24, 2.45) is 0 Å². The molecule has 90 valence electrons. The molecule has 0 unspecified atom stereocenters. The molecule has 16 heavy (non-hydrogen) atoms. The number of thioether (sulfide) groups is 1. The Kier molecular flexibility index (Phi) is 4.46. The van der Waals surface area contributed by atoms with E-state index >= 15 is 0 Å². The van der Waals surface area contributed by atoms with E-state index in [2.05, 4.69) is 4.98 Å². The minimum absolute atomic E-state index is 0.179. The van der Waals surface area contributed by atoms with Gasteiger partial charge in [-0.05, 0) is 12.1 Å². The van der Waals surface area contributed by atoms with Crippen molar-refractivity contribution >= 4 is 11.8 Å². The van der Waals surface area contributed by atoms with E-state index in [1.54, 1.807) is 6.07 Å². The van der Waals surface area contributed by atoms with Gasteiger partial charge in [-0.3, -0.25) is 0 Å². The van der Waals surface area contributed by atoms with Gasteiger partial charge in [-0.2, -0.15) is 13.2 Å². The van der Waals surface area contributed by atoms with Crippen molar-refractivity contribution in [3.05, 3.63) is 18.3 Å². The summed E-state index contributed by atoms with van der Waals surface area (Å²) in [5.74, 6) is 0.179. The number of nitrogens with zero attached hydrogens (tertiary/aromatic N) is 1. The lowest BCUT2D eigenvalue weighted by atomic mass is 10.4. The second-order valence-electron chi connectivity index (χ2n) is 3.38. The Balaban J connectivity index is 2.71. The van der Waals surface area contributed by atoms with Crippen LogP contribution in [0, 0.1) is 0 Å². The van der Waals surface area contributed by atoms with Crippen molar-refractivity contribution < 1.29 is 17.9 Å². The lowest BCUT2D eigenvalue weighted by Crippen LogP contribution is -2.19. The van der Waals surface area contributed by atoms with Crippen LogP contribution in [0.15, 0.2) is 23.4 Å². The molecular weight excluding hydrogens is 239 g/mol. The average Bonchev–Trinajstić information content (AvgIpc) is 2.14. The molecule has 0 aliphatic heterocycles. The summed E-state index contributed by atoms with van der Waals surface area (Å²) in [6, 6.07) is 3.04. The number of alkyl halides is 3. The molecule has 0 saturated heterocycles. The Labute approximate surface area is 96.2 Å². The molecule has 1 heterocycles. The third-order valence-electron chi connectivity index (χ3n) is 1.47. The summed E-state index contributed by atoms with van der Waals surface area (Å²) in [5, 5.41) is 0.727. The minimum atomic E-state index is -4.32. The number of ether oxygens (including phenoxy) is 1. The van der Waals surface area contributed by atoms with Gasteiger partial charge in [0, 0.05) is 11.4 Å². The summed E-state index contributed by atoms with van der Waals surface area (Å²) in [6.07, 6.45) is -2.79. The summed E-state index contributed by atoms with van der Waals surface area (Å²) >= 11 is 1.37. The normalized spacial score (nSPS) is 11.9. The monoisotopic (exact) mass is 251 g/mol. The van der Waals surface area contributed by atoms with Crippen LogP contribution in [0.2, 0.25) is 0 Å². The first-order valence-electron chi connectivity index (χ1n) is 4.69. The molecule has 1 aromatic rings. The highest BCUT2D eigenvalue weighted by Crippen LogP contribution is 2.30. The zero-order valence-corrected chi connectivity index (χ0v) is 9.73. The molecule has 0 radical (unpaired) electrons. The zero-order chi connectivity index (χ0) is 12.2. The van der Waals surface area contributed by atoms with E-state index in [0.717, 1.165) is 0 Å². The van der Waals surface area contributed by atoms with Crippen molar-refractivity contribution in [3.8, 4) is 5.75 Å². The SMILES string of the molecule is CC(C)Sc1ncccc1OCC(F)(F)F. The Bertz CT molecular complexity index is 341. The molecule has 0 aliphatic carbocycles. The van der Waals surface area contributed by atoms with Crippen molar-refractivity contribution in [1.29, 1.82) is 0 Å². The summed E-state index contributed by atoms with van der Waals surface area (Å²) < 4.78 is 40.6. The average molecular weight is 251 g/mol. The van der Waals surface area contributed by atoms with E-state index < -0.39 is 12.8 Å². The molecule has 0 aromatic carbocycles. The van der Waals surface area contributed by atoms with Gasteiger partial charge >= 0.3 is 6.18 Å². The summed E-state index contributed by atoms with van der Waals surface area (Å²) in [5.41, 5.74) is 0. The van der Waals surface area contributed by atoms with E-state index in [9.17, 15) is 13.2 Å². The Morgan fingerprint density at radius 3 is 2.69 bits per heavy atom. The largest absolute Gasteiger partial charge is 0.481 e. The molecule has 0 spiro atoms. The number of rotatable bonds is 4. The molecule has 0 atom stereocenters. The van der Waals surface area contributed by atoms with Crippen LogP contribution in [0.1, 0.15) is 13.8 Å². The van der Waals surface area contributed by atoms with Crippen molar-refractivity contribution in [3.63, 3.8) is 0 Å². The third-order valence-corrected chi connectivity index (χ3v) is 2.48. The quantitative estimate of drug-likeness (QED) is 0.764. The molecular formula is C10H12F3NOS. The fourth-order valence-electron chi connectivity index (χ4n) is 0.957. The van der Waals surface area contributed by atoms with Gasteiger partial charge < -0.3 is 4.74 Å². The Morgan fingerprint density at radius 1 is 1.44 bits per heavy atom. The molecule has 0 bridgehead atoms. The van der Waals surface area contributed by atoms with Crippen LogP contribution in [0.3, 0.4) is 0 Å². The highest BCUT2D eigenvalue weighted by atomic mass is 32.2. The predicted molar refractivity (Wildman–Crippen MR) is 56.8 cm³/mol. The molecule has 0 amide bonds. The highest BCUT2D eigenvalue weighted by molar-refractivity contribution is 7.99. The number of hydrogen-bond donors (Lipinski definition) is 0. The fraction of sp³-hybridized carbons (Fsp3) is 0.500. The van der Waals surface area contributed by atoms with Gasteiger partial charge in [-0.1, -0.05) is 25.6 Å². The Hall–Kier alpha value is -0.910. The molecule has 0 saturated carbocycles. The van der Waals surface area contributed by atoms with Gasteiger partial charge in [0.05, 0.1) is 0 Å². The van der Waals surface area contributed by atoms with E-state index in [1.165, 1.54) is 24.0 Å². The van der Waals surface area contributed by atoms with Crippen molar-refractivity contribution in [1.82, 2.24) is 4.98 Å². The van der Waals surface area contributed by atoms with Gasteiger partial charge in [-0.25, -0.2) is 4.98 Å². The summed E-state index contributed by atoms with van der Waals surface area (Å²) in [7, 11) is 0. The van der Waals surface area contributed by atoms with Crippen LogP contribution in [-0.2, 0) is 0 Å². The number of halogens is 3. The first kappa shape index (κ1) is 13.2. The van der Waals surface area contributed by atoms with Crippen LogP contribution in [-0.4, -0.2) is 23.0 Å². The maximum Gasteiger partial charge on any atom is 0.422 e. The van der Waals surface area contributed by atoms with Gasteiger partial charge in [0.2, 0.25) is 0 Å². The second-order valence-corrected chi connectivity index (χ2v) is 4.94. The summed E-state index contributed by atoms with van der Waals surface area (Å²) in [6.45, 7) is 2.59. The van der Waals surface area contributed by atoms with Crippen LogP contribution in [0.25, 0.3) is 0 Å². The zero-order valence-electron chi connectivity index (χ0n) is 8.91. The molecule has 0 fully saturated rings. The minimum Gasteiger partial charge on any atom is -0.481 e. The van der Waals surface area contributed by atoms with Crippen LogP contribution in [0.5, 0.6) is 5.75 Å². The van der Waals surface area contributed by atoms with E-state index in [4.69, 9.17) is 4.74 Å². The number of hydrogen-bond acceptors (Lipinski definition) is 3. The molecule has 1 rings (SSSR count). The molecule has 1 aromatic heterocycles. The van der Waals surface area contributed by atoms with Gasteiger partial charge in [0.1, 0.15) is 5.03 Å². The lowest BCUT2D eigenvalue weighted by molar-refractivity contribution is -0.153. The van der Waals surface area contributed by atoms with E-state index in [0.29, 0.717) is 5.03 Å². The maximum atomic E-state index is 12.0. The second kappa shape index (κ2) is 5.43.